The zero-order chi connectivity index (χ0) is 19.3. The number of rotatable bonds is 7. The molecule has 2 aromatic carbocycles. The van der Waals surface area contributed by atoms with Gasteiger partial charge >= 0.3 is 6.01 Å². The van der Waals surface area contributed by atoms with Gasteiger partial charge in [-0.15, -0.1) is 0 Å². The van der Waals surface area contributed by atoms with E-state index in [9.17, 15) is 4.79 Å². The van der Waals surface area contributed by atoms with Crippen molar-refractivity contribution in [1.29, 1.82) is 0 Å². The molecule has 0 bridgehead atoms. The predicted molar refractivity (Wildman–Crippen MR) is 108 cm³/mol. The van der Waals surface area contributed by atoms with Gasteiger partial charge in [-0.05, 0) is 49.4 Å². The number of hydrogen-bond acceptors (Lipinski definition) is 4. The van der Waals surface area contributed by atoms with Crippen molar-refractivity contribution >= 4 is 5.91 Å². The maximum Gasteiger partial charge on any atom is 0.321 e. The van der Waals surface area contributed by atoms with Crippen molar-refractivity contribution in [2.45, 2.75) is 32.2 Å². The number of amides is 1. The lowest BCUT2D eigenvalue weighted by Crippen LogP contribution is -2.35. The summed E-state index contributed by atoms with van der Waals surface area (Å²) in [5.41, 5.74) is 3.17. The first-order valence-electron chi connectivity index (χ1n) is 9.62. The van der Waals surface area contributed by atoms with Crippen LogP contribution in [0.3, 0.4) is 0 Å². The smallest absolute Gasteiger partial charge is 0.321 e. The Bertz CT molecular complexity index is 920. The van der Waals surface area contributed by atoms with Crippen LogP contribution in [0, 0.1) is 5.92 Å². The Labute approximate surface area is 164 Å². The van der Waals surface area contributed by atoms with Crippen LogP contribution in [0.5, 0.6) is 11.8 Å². The molecule has 1 aliphatic carbocycles. The Hall–Kier alpha value is -3.21. The first-order valence-corrected chi connectivity index (χ1v) is 9.62. The van der Waals surface area contributed by atoms with Crippen LogP contribution < -0.4 is 10.1 Å². The molecule has 1 fully saturated rings. The Morgan fingerprint density at radius 1 is 1.04 bits per heavy atom. The Morgan fingerprint density at radius 2 is 1.71 bits per heavy atom. The second-order valence-corrected chi connectivity index (χ2v) is 7.25. The zero-order valence-electron chi connectivity index (χ0n) is 15.8. The molecule has 3 aromatic rings. The highest BCUT2D eigenvalue weighted by Gasteiger charge is 2.30. The number of benzene rings is 2. The van der Waals surface area contributed by atoms with Gasteiger partial charge in [0.25, 0.3) is 0 Å². The monoisotopic (exact) mass is 373 g/mol. The van der Waals surface area contributed by atoms with Crippen LogP contribution in [0.15, 0.2) is 67.0 Å². The van der Waals surface area contributed by atoms with Gasteiger partial charge in [-0.2, -0.15) is 0 Å². The summed E-state index contributed by atoms with van der Waals surface area (Å²) in [4.78, 5) is 20.4. The summed E-state index contributed by atoms with van der Waals surface area (Å²) in [6.07, 6.45) is 6.41. The van der Waals surface area contributed by atoms with E-state index in [1.165, 1.54) is 5.56 Å². The van der Waals surface area contributed by atoms with Crippen LogP contribution in [0.4, 0.5) is 0 Å². The van der Waals surface area contributed by atoms with E-state index in [4.69, 9.17) is 4.74 Å². The van der Waals surface area contributed by atoms with Crippen LogP contribution in [0.25, 0.3) is 11.1 Å². The average molecular weight is 373 g/mol. The lowest BCUT2D eigenvalue weighted by Gasteiger charge is -2.14. The van der Waals surface area contributed by atoms with Crippen molar-refractivity contribution in [2.24, 2.45) is 5.92 Å². The largest absolute Gasteiger partial charge is 0.424 e. The third-order valence-corrected chi connectivity index (χ3v) is 4.75. The number of carbonyl (C=O) groups is 1. The van der Waals surface area contributed by atoms with Crippen LogP contribution in [0.2, 0.25) is 0 Å². The van der Waals surface area contributed by atoms with E-state index in [0.717, 1.165) is 30.4 Å². The first-order chi connectivity index (χ1) is 13.7. The van der Waals surface area contributed by atoms with Crippen molar-refractivity contribution in [2.75, 3.05) is 0 Å². The molecular formula is C23H23N3O2. The van der Waals surface area contributed by atoms with Gasteiger partial charge in [0.1, 0.15) is 5.75 Å². The number of nitrogens with one attached hydrogen (secondary N) is 1. The highest BCUT2D eigenvalue weighted by Crippen LogP contribution is 2.29. The molecule has 0 saturated heterocycles. The fraction of sp³-hybridized carbons (Fsp3) is 0.261. The van der Waals surface area contributed by atoms with Crippen LogP contribution in [-0.4, -0.2) is 21.9 Å². The maximum absolute atomic E-state index is 11.9. The third kappa shape index (κ3) is 4.74. The first kappa shape index (κ1) is 18.2. The van der Waals surface area contributed by atoms with Crippen molar-refractivity contribution < 1.29 is 9.53 Å². The molecule has 1 amide bonds. The van der Waals surface area contributed by atoms with E-state index in [-0.39, 0.29) is 17.9 Å². The number of ether oxygens (including phenoxy) is 1. The van der Waals surface area contributed by atoms with Crippen LogP contribution in [0.1, 0.15) is 25.3 Å². The molecule has 1 unspecified atom stereocenters. The molecule has 5 nitrogen and oxygen atoms in total. The summed E-state index contributed by atoms with van der Waals surface area (Å²) in [6, 6.07) is 18.2. The molecule has 5 heteroatoms. The molecule has 0 aliphatic heterocycles. The van der Waals surface area contributed by atoms with Gasteiger partial charge in [0.05, 0.1) is 0 Å². The van der Waals surface area contributed by atoms with Gasteiger partial charge in [0.15, 0.2) is 0 Å². The molecule has 1 aliphatic rings. The number of carbonyl (C=O) groups excluding carboxylic acids is 1. The molecule has 1 atom stereocenters. The van der Waals surface area contributed by atoms with Gasteiger partial charge in [0.2, 0.25) is 5.91 Å². The minimum atomic E-state index is 0.136. The lowest BCUT2D eigenvalue weighted by atomic mass is 10.0. The van der Waals surface area contributed by atoms with Gasteiger partial charge in [-0.3, -0.25) is 4.79 Å². The molecule has 0 radical (unpaired) electrons. The average Bonchev–Trinajstić information content (AvgIpc) is 3.55. The fourth-order valence-corrected chi connectivity index (χ4v) is 3.06. The molecule has 142 valence electrons. The second-order valence-electron chi connectivity index (χ2n) is 7.25. The van der Waals surface area contributed by atoms with Crippen molar-refractivity contribution in [3.63, 3.8) is 0 Å². The molecule has 1 saturated carbocycles. The van der Waals surface area contributed by atoms with Crippen molar-refractivity contribution in [3.8, 4) is 22.9 Å². The highest BCUT2D eigenvalue weighted by molar-refractivity contribution is 5.81. The predicted octanol–water partition coefficient (Wildman–Crippen LogP) is 4.39. The van der Waals surface area contributed by atoms with Gasteiger partial charge in [0, 0.05) is 29.9 Å². The number of para-hydroxylation sites is 1. The molecule has 4 rings (SSSR count). The quantitative estimate of drug-likeness (QED) is 0.667. The number of aromatic nitrogens is 2. The summed E-state index contributed by atoms with van der Waals surface area (Å²) in [6.45, 7) is 2.05. The summed E-state index contributed by atoms with van der Waals surface area (Å²) >= 11 is 0. The summed E-state index contributed by atoms with van der Waals surface area (Å²) in [5.74, 6) is 1.15. The molecule has 1 aromatic heterocycles. The van der Waals surface area contributed by atoms with E-state index in [0.29, 0.717) is 11.8 Å². The van der Waals surface area contributed by atoms with E-state index in [1.807, 2.05) is 37.3 Å². The van der Waals surface area contributed by atoms with Crippen molar-refractivity contribution in [3.05, 3.63) is 72.6 Å². The van der Waals surface area contributed by atoms with Crippen molar-refractivity contribution in [1.82, 2.24) is 15.3 Å². The van der Waals surface area contributed by atoms with E-state index in [1.54, 1.807) is 12.4 Å². The summed E-state index contributed by atoms with van der Waals surface area (Å²) in [5, 5.41) is 3.09. The normalized spacial score (nSPS) is 14.3. The van der Waals surface area contributed by atoms with Gasteiger partial charge < -0.3 is 10.1 Å². The molecule has 1 N–H and O–H groups in total. The van der Waals surface area contributed by atoms with Gasteiger partial charge in [-0.25, -0.2) is 9.97 Å². The van der Waals surface area contributed by atoms with Gasteiger partial charge in [-0.1, -0.05) is 42.5 Å². The highest BCUT2D eigenvalue weighted by atomic mass is 16.5. The third-order valence-electron chi connectivity index (χ3n) is 4.75. The van der Waals surface area contributed by atoms with Crippen LogP contribution >= 0.6 is 0 Å². The number of nitrogens with zero attached hydrogens (tertiary/aromatic N) is 2. The standard InChI is InChI=1S/C23H23N3O2/c1-16(26-22(27)19-11-12-19)13-17-7-9-18(10-8-17)20-14-24-23(25-15-20)28-21-5-3-2-4-6-21/h2-10,14-16,19H,11-13H2,1H3,(H,26,27). The molecule has 1 heterocycles. The van der Waals surface area contributed by atoms with E-state index in [2.05, 4.69) is 39.6 Å². The second kappa shape index (κ2) is 8.21. The van der Waals surface area contributed by atoms with Crippen LogP contribution in [-0.2, 0) is 11.2 Å². The Balaban J connectivity index is 1.36. The minimum absolute atomic E-state index is 0.136. The lowest BCUT2D eigenvalue weighted by molar-refractivity contribution is -0.122. The minimum Gasteiger partial charge on any atom is -0.424 e. The zero-order valence-corrected chi connectivity index (χ0v) is 15.8. The SMILES string of the molecule is CC(Cc1ccc(-c2cnc(Oc3ccccc3)nc2)cc1)NC(=O)C1CC1. The number of hydrogen-bond donors (Lipinski definition) is 1. The molecule has 28 heavy (non-hydrogen) atoms. The molecular weight excluding hydrogens is 350 g/mol. The maximum atomic E-state index is 11.9. The summed E-state index contributed by atoms with van der Waals surface area (Å²) in [7, 11) is 0. The summed E-state index contributed by atoms with van der Waals surface area (Å²) < 4.78 is 5.63. The fourth-order valence-electron chi connectivity index (χ4n) is 3.06. The topological polar surface area (TPSA) is 64.1 Å². The Kier molecular flexibility index (Phi) is 5.33. The van der Waals surface area contributed by atoms with E-state index >= 15 is 0 Å². The Morgan fingerprint density at radius 3 is 2.36 bits per heavy atom. The van der Waals surface area contributed by atoms with E-state index < -0.39 is 0 Å². The molecule has 0 spiro atoms.